The van der Waals surface area contributed by atoms with Crippen LogP contribution in [0.25, 0.3) is 0 Å². The van der Waals surface area contributed by atoms with E-state index >= 15 is 0 Å². The Morgan fingerprint density at radius 3 is 2.41 bits per heavy atom. The summed E-state index contributed by atoms with van der Waals surface area (Å²) in [4.78, 5) is 35.5. The number of hydrogen-bond acceptors (Lipinski definition) is 4. The van der Waals surface area contributed by atoms with Crippen LogP contribution in [0.1, 0.15) is 18.4 Å². The maximum Gasteiger partial charge on any atom is 0.408 e. The van der Waals surface area contributed by atoms with E-state index in [1.807, 2.05) is 18.2 Å². The lowest BCUT2D eigenvalue weighted by Crippen LogP contribution is -2.41. The second-order valence-corrected chi connectivity index (χ2v) is 4.92. The van der Waals surface area contributed by atoms with Crippen molar-refractivity contribution in [2.24, 2.45) is 0 Å². The predicted molar refractivity (Wildman–Crippen MR) is 79.1 cm³/mol. The van der Waals surface area contributed by atoms with Crippen LogP contribution >= 0.6 is 0 Å². The average molecular weight is 308 g/mol. The molecule has 0 aliphatic heterocycles. The molecule has 0 radical (unpaired) electrons. The minimum Gasteiger partial charge on any atom is -0.480 e. The van der Waals surface area contributed by atoms with Gasteiger partial charge in [-0.25, -0.2) is 9.59 Å². The molecule has 1 aromatic carbocycles. The monoisotopic (exact) mass is 308 g/mol. The van der Waals surface area contributed by atoms with Gasteiger partial charge >= 0.3 is 12.1 Å². The number of carbonyl (C=O) groups excluding carboxylic acids is 2. The molecule has 0 unspecified atom stereocenters. The third-order valence-corrected chi connectivity index (χ3v) is 2.95. The quantitative estimate of drug-likeness (QED) is 0.790. The van der Waals surface area contributed by atoms with Crippen molar-refractivity contribution in [3.05, 3.63) is 35.9 Å². The van der Waals surface area contributed by atoms with Crippen molar-refractivity contribution in [2.45, 2.75) is 25.5 Å². The highest BCUT2D eigenvalue weighted by Gasteiger charge is 2.22. The van der Waals surface area contributed by atoms with Gasteiger partial charge in [0.05, 0.1) is 0 Å². The summed E-state index contributed by atoms with van der Waals surface area (Å²) in [7, 11) is 3.17. The molecule has 1 atom stereocenters. The van der Waals surface area contributed by atoms with Gasteiger partial charge in [0.25, 0.3) is 0 Å². The molecule has 2 amide bonds. The molecular weight excluding hydrogens is 288 g/mol. The molecule has 0 bridgehead atoms. The Hall–Kier alpha value is -2.57. The van der Waals surface area contributed by atoms with Crippen LogP contribution in [0.3, 0.4) is 0 Å². The van der Waals surface area contributed by atoms with E-state index in [0.717, 1.165) is 5.56 Å². The van der Waals surface area contributed by atoms with Crippen LogP contribution in [-0.4, -0.2) is 48.1 Å². The summed E-state index contributed by atoms with van der Waals surface area (Å²) < 4.78 is 4.95. The number of hydrogen-bond donors (Lipinski definition) is 2. The first-order valence-electron chi connectivity index (χ1n) is 6.80. The van der Waals surface area contributed by atoms with Crippen molar-refractivity contribution in [2.75, 3.05) is 14.1 Å². The molecule has 0 fully saturated rings. The number of nitrogens with one attached hydrogen (secondary N) is 1. The van der Waals surface area contributed by atoms with Gasteiger partial charge in [-0.15, -0.1) is 0 Å². The maximum atomic E-state index is 11.6. The zero-order valence-corrected chi connectivity index (χ0v) is 12.6. The number of carbonyl (C=O) groups is 3. The van der Waals surface area contributed by atoms with Crippen LogP contribution in [0.15, 0.2) is 30.3 Å². The Kier molecular flexibility index (Phi) is 6.88. The van der Waals surface area contributed by atoms with E-state index in [0.29, 0.717) is 0 Å². The van der Waals surface area contributed by atoms with Crippen molar-refractivity contribution in [3.63, 3.8) is 0 Å². The first-order valence-corrected chi connectivity index (χ1v) is 6.80. The zero-order valence-electron chi connectivity index (χ0n) is 12.6. The lowest BCUT2D eigenvalue weighted by molar-refractivity contribution is -0.139. The first-order chi connectivity index (χ1) is 10.4. The largest absolute Gasteiger partial charge is 0.480 e. The molecular formula is C15H20N2O5. The van der Waals surface area contributed by atoms with Crippen molar-refractivity contribution >= 4 is 18.0 Å². The molecule has 7 heteroatoms. The summed E-state index contributed by atoms with van der Waals surface area (Å²) >= 11 is 0. The number of carboxylic acids is 1. The molecule has 0 heterocycles. The number of rotatable bonds is 7. The Morgan fingerprint density at radius 1 is 1.23 bits per heavy atom. The molecule has 22 heavy (non-hydrogen) atoms. The van der Waals surface area contributed by atoms with E-state index in [4.69, 9.17) is 9.84 Å². The topological polar surface area (TPSA) is 95.9 Å². The number of alkyl carbamates (subject to hydrolysis) is 1. The van der Waals surface area contributed by atoms with Crippen LogP contribution in [-0.2, 0) is 20.9 Å². The van der Waals surface area contributed by atoms with Crippen LogP contribution in [0, 0.1) is 0 Å². The van der Waals surface area contributed by atoms with E-state index in [-0.39, 0.29) is 25.4 Å². The molecule has 0 spiro atoms. The number of benzene rings is 1. The van der Waals surface area contributed by atoms with Gasteiger partial charge in [0.15, 0.2) is 0 Å². The highest BCUT2D eigenvalue weighted by molar-refractivity contribution is 5.81. The van der Waals surface area contributed by atoms with Gasteiger partial charge in [-0.1, -0.05) is 30.3 Å². The second kappa shape index (κ2) is 8.66. The first kappa shape index (κ1) is 17.5. The standard InChI is InChI=1S/C15H20N2O5/c1-17(2)13(18)9-8-12(14(19)20)16-15(21)22-10-11-6-4-3-5-7-11/h3-7,12H,8-10H2,1-2H3,(H,16,21)(H,19,20)/t12-/m0/s1. The van der Waals surface area contributed by atoms with Crippen molar-refractivity contribution in [3.8, 4) is 0 Å². The number of amides is 2. The summed E-state index contributed by atoms with van der Waals surface area (Å²) in [6.45, 7) is 0.0512. The number of carboxylic acid groups (broad SMARTS) is 1. The van der Waals surface area contributed by atoms with Crippen molar-refractivity contribution in [1.82, 2.24) is 10.2 Å². The van der Waals surface area contributed by atoms with E-state index in [2.05, 4.69) is 5.32 Å². The molecule has 1 rings (SSSR count). The normalized spacial score (nSPS) is 11.4. The van der Waals surface area contributed by atoms with E-state index < -0.39 is 18.1 Å². The summed E-state index contributed by atoms with van der Waals surface area (Å²) in [6, 6.07) is 7.88. The SMILES string of the molecule is CN(C)C(=O)CC[C@H](NC(=O)OCc1ccccc1)C(=O)O. The van der Waals surface area contributed by atoms with Crippen LogP contribution < -0.4 is 5.32 Å². The predicted octanol–water partition coefficient (Wildman–Crippen LogP) is 1.23. The minimum atomic E-state index is -1.21. The third-order valence-electron chi connectivity index (χ3n) is 2.95. The Balaban J connectivity index is 2.43. The molecule has 0 aliphatic carbocycles. The molecule has 0 saturated carbocycles. The fraction of sp³-hybridized carbons (Fsp3) is 0.400. The zero-order chi connectivity index (χ0) is 16.5. The summed E-state index contributed by atoms with van der Waals surface area (Å²) in [5, 5.41) is 11.3. The van der Waals surface area contributed by atoms with Gasteiger partial charge in [-0.3, -0.25) is 4.79 Å². The van der Waals surface area contributed by atoms with Crippen LogP contribution in [0.2, 0.25) is 0 Å². The summed E-state index contributed by atoms with van der Waals surface area (Å²) in [5.74, 6) is -1.41. The Bertz CT molecular complexity index is 516. The minimum absolute atomic E-state index is 0.00673. The summed E-state index contributed by atoms with van der Waals surface area (Å²) in [6.07, 6.45) is -0.788. The van der Waals surface area contributed by atoms with Gasteiger partial charge in [0, 0.05) is 20.5 Å². The number of ether oxygens (including phenoxy) is 1. The smallest absolute Gasteiger partial charge is 0.408 e. The van der Waals surface area contributed by atoms with E-state index in [1.54, 1.807) is 26.2 Å². The van der Waals surface area contributed by atoms with Gasteiger partial charge in [0.2, 0.25) is 5.91 Å². The second-order valence-electron chi connectivity index (χ2n) is 4.92. The Labute approximate surface area is 128 Å². The highest BCUT2D eigenvalue weighted by atomic mass is 16.5. The average Bonchev–Trinajstić information content (AvgIpc) is 2.49. The van der Waals surface area contributed by atoms with Gasteiger partial charge in [-0.2, -0.15) is 0 Å². The van der Waals surface area contributed by atoms with Crippen LogP contribution in [0.4, 0.5) is 4.79 Å². The maximum absolute atomic E-state index is 11.6. The van der Waals surface area contributed by atoms with Crippen LogP contribution in [0.5, 0.6) is 0 Å². The lowest BCUT2D eigenvalue weighted by atomic mass is 10.1. The van der Waals surface area contributed by atoms with Gasteiger partial charge in [-0.05, 0) is 12.0 Å². The number of aliphatic carboxylic acids is 1. The van der Waals surface area contributed by atoms with Gasteiger partial charge in [0.1, 0.15) is 12.6 Å². The van der Waals surface area contributed by atoms with Crippen molar-refractivity contribution < 1.29 is 24.2 Å². The third kappa shape index (κ3) is 6.25. The summed E-state index contributed by atoms with van der Waals surface area (Å²) in [5.41, 5.74) is 0.798. The fourth-order valence-electron chi connectivity index (χ4n) is 1.66. The highest BCUT2D eigenvalue weighted by Crippen LogP contribution is 2.03. The molecule has 0 saturated heterocycles. The molecule has 0 aromatic heterocycles. The van der Waals surface area contributed by atoms with Gasteiger partial charge < -0.3 is 20.1 Å². The molecule has 7 nitrogen and oxygen atoms in total. The van der Waals surface area contributed by atoms with E-state index in [1.165, 1.54) is 4.90 Å². The molecule has 2 N–H and O–H groups in total. The lowest BCUT2D eigenvalue weighted by Gasteiger charge is -2.16. The van der Waals surface area contributed by atoms with E-state index in [9.17, 15) is 14.4 Å². The molecule has 1 aromatic rings. The Morgan fingerprint density at radius 2 is 1.86 bits per heavy atom. The number of nitrogens with zero attached hydrogens (tertiary/aromatic N) is 1. The molecule has 0 aliphatic rings. The fourth-order valence-corrected chi connectivity index (χ4v) is 1.66. The van der Waals surface area contributed by atoms with Crippen molar-refractivity contribution in [1.29, 1.82) is 0 Å². The molecule has 120 valence electrons.